The van der Waals surface area contributed by atoms with Crippen LogP contribution in [0, 0.1) is 0 Å². The minimum Gasteiger partial charge on any atom is -0.406 e. The Labute approximate surface area is 86.7 Å². The van der Waals surface area contributed by atoms with Gasteiger partial charge < -0.3 is 9.22 Å². The first-order valence-corrected chi connectivity index (χ1v) is 7.88. The molecule has 0 saturated heterocycles. The highest BCUT2D eigenvalue weighted by molar-refractivity contribution is 6.74. The maximum absolute atomic E-state index is 10.6. The van der Waals surface area contributed by atoms with Crippen LogP contribution in [0.2, 0.25) is 18.1 Å². The Morgan fingerprint density at radius 1 is 1.46 bits per heavy atom. The summed E-state index contributed by atoms with van der Waals surface area (Å²) in [6, 6.07) is 0. The van der Waals surface area contributed by atoms with Gasteiger partial charge in [0.25, 0.3) is 0 Å². The van der Waals surface area contributed by atoms with Crippen molar-refractivity contribution < 1.29 is 9.22 Å². The average Bonchev–Trinajstić information content (AvgIpc) is 1.98. The molecule has 0 aliphatic carbocycles. The standard InChI is InChI=1S/C9H19ClO2Si/c1-9(2,3)13(4,5)12-8(6-10)7-11/h7-8H,6H2,1-5H3/t8-/m0/s1. The van der Waals surface area contributed by atoms with Crippen molar-refractivity contribution in [2.75, 3.05) is 5.88 Å². The van der Waals surface area contributed by atoms with E-state index in [1.165, 1.54) is 0 Å². The van der Waals surface area contributed by atoms with Crippen molar-refractivity contribution in [3.8, 4) is 0 Å². The maximum Gasteiger partial charge on any atom is 0.193 e. The molecule has 0 aliphatic rings. The molecule has 0 aliphatic heterocycles. The van der Waals surface area contributed by atoms with Gasteiger partial charge in [-0.3, -0.25) is 0 Å². The molecule has 1 atom stereocenters. The summed E-state index contributed by atoms with van der Waals surface area (Å²) in [7, 11) is -1.83. The summed E-state index contributed by atoms with van der Waals surface area (Å²) in [5.41, 5.74) is 0. The molecule has 0 radical (unpaired) electrons. The zero-order valence-corrected chi connectivity index (χ0v) is 10.8. The highest BCUT2D eigenvalue weighted by atomic mass is 35.5. The summed E-state index contributed by atoms with van der Waals surface area (Å²) < 4.78 is 5.74. The molecule has 0 rings (SSSR count). The van der Waals surface area contributed by atoms with Crippen molar-refractivity contribution in [1.82, 2.24) is 0 Å². The average molecular weight is 223 g/mol. The normalized spacial score (nSPS) is 15.5. The lowest BCUT2D eigenvalue weighted by Crippen LogP contribution is -2.44. The second kappa shape index (κ2) is 4.58. The van der Waals surface area contributed by atoms with Gasteiger partial charge in [0.1, 0.15) is 12.4 Å². The Morgan fingerprint density at radius 2 is 1.92 bits per heavy atom. The van der Waals surface area contributed by atoms with E-state index in [9.17, 15) is 4.79 Å². The maximum atomic E-state index is 10.6. The number of alkyl halides is 1. The van der Waals surface area contributed by atoms with Crippen molar-refractivity contribution >= 4 is 26.2 Å². The van der Waals surface area contributed by atoms with E-state index in [-0.39, 0.29) is 10.9 Å². The Morgan fingerprint density at radius 3 is 2.15 bits per heavy atom. The van der Waals surface area contributed by atoms with Gasteiger partial charge in [-0.1, -0.05) is 20.8 Å². The van der Waals surface area contributed by atoms with Gasteiger partial charge in [0.15, 0.2) is 8.32 Å². The first kappa shape index (κ1) is 13.1. The summed E-state index contributed by atoms with van der Waals surface area (Å²) in [4.78, 5) is 10.6. The largest absolute Gasteiger partial charge is 0.406 e. The van der Waals surface area contributed by atoms with E-state index < -0.39 is 14.4 Å². The lowest BCUT2D eigenvalue weighted by atomic mass is 10.2. The minimum atomic E-state index is -1.83. The summed E-state index contributed by atoms with van der Waals surface area (Å²) in [6.07, 6.45) is 0.343. The van der Waals surface area contributed by atoms with Crippen LogP contribution >= 0.6 is 11.6 Å². The number of halogens is 1. The van der Waals surface area contributed by atoms with Crippen LogP contribution in [0.15, 0.2) is 0 Å². The van der Waals surface area contributed by atoms with Crippen molar-refractivity contribution in [3.05, 3.63) is 0 Å². The number of hydrogen-bond acceptors (Lipinski definition) is 2. The third-order valence-electron chi connectivity index (χ3n) is 2.56. The second-order valence-corrected chi connectivity index (χ2v) is 9.77. The van der Waals surface area contributed by atoms with Crippen LogP contribution in [0.25, 0.3) is 0 Å². The van der Waals surface area contributed by atoms with Gasteiger partial charge in [0, 0.05) is 0 Å². The predicted molar refractivity (Wildman–Crippen MR) is 58.9 cm³/mol. The Hall–Kier alpha value is 0.137. The molecule has 4 heteroatoms. The van der Waals surface area contributed by atoms with Gasteiger partial charge in [-0.25, -0.2) is 0 Å². The molecule has 78 valence electrons. The first-order chi connectivity index (χ1) is 5.74. The van der Waals surface area contributed by atoms with Gasteiger partial charge >= 0.3 is 0 Å². The first-order valence-electron chi connectivity index (χ1n) is 4.43. The van der Waals surface area contributed by atoms with Gasteiger partial charge in [0.2, 0.25) is 0 Å². The summed E-state index contributed by atoms with van der Waals surface area (Å²) in [5, 5.41) is 0.125. The number of hydrogen-bond donors (Lipinski definition) is 0. The van der Waals surface area contributed by atoms with Crippen LogP contribution < -0.4 is 0 Å². The highest BCUT2D eigenvalue weighted by Gasteiger charge is 2.38. The van der Waals surface area contributed by atoms with Crippen LogP contribution in [-0.4, -0.2) is 26.6 Å². The van der Waals surface area contributed by atoms with Crippen LogP contribution in [-0.2, 0) is 9.22 Å². The van der Waals surface area contributed by atoms with E-state index in [2.05, 4.69) is 33.9 Å². The second-order valence-electron chi connectivity index (χ2n) is 4.71. The molecule has 0 spiro atoms. The topological polar surface area (TPSA) is 26.3 Å². The van der Waals surface area contributed by atoms with Crippen LogP contribution in [0.5, 0.6) is 0 Å². The van der Waals surface area contributed by atoms with E-state index in [0.29, 0.717) is 0 Å². The molecule has 0 unspecified atom stereocenters. The lowest BCUT2D eigenvalue weighted by Gasteiger charge is -2.37. The van der Waals surface area contributed by atoms with E-state index in [1.54, 1.807) is 0 Å². The van der Waals surface area contributed by atoms with Crippen molar-refractivity contribution in [2.24, 2.45) is 0 Å². The number of carbonyl (C=O) groups is 1. The fourth-order valence-electron chi connectivity index (χ4n) is 0.651. The van der Waals surface area contributed by atoms with E-state index in [1.807, 2.05) is 0 Å². The van der Waals surface area contributed by atoms with Gasteiger partial charge in [-0.05, 0) is 18.1 Å². The summed E-state index contributed by atoms with van der Waals surface area (Å²) in [6.45, 7) is 10.6. The smallest absolute Gasteiger partial charge is 0.193 e. The molecule has 0 N–H and O–H groups in total. The predicted octanol–water partition coefficient (Wildman–Crippen LogP) is 2.81. The Balaban J connectivity index is 4.40. The van der Waals surface area contributed by atoms with Gasteiger partial charge in [-0.2, -0.15) is 0 Å². The lowest BCUT2D eigenvalue weighted by molar-refractivity contribution is -0.113. The monoisotopic (exact) mass is 222 g/mol. The molecule has 0 saturated carbocycles. The molecule has 0 aromatic carbocycles. The molecule has 13 heavy (non-hydrogen) atoms. The van der Waals surface area contributed by atoms with Crippen LogP contribution in [0.1, 0.15) is 20.8 Å². The molecule has 0 bridgehead atoms. The quantitative estimate of drug-likeness (QED) is 0.416. The fourth-order valence-corrected chi connectivity index (χ4v) is 2.14. The van der Waals surface area contributed by atoms with Crippen molar-refractivity contribution in [3.63, 3.8) is 0 Å². The third-order valence-corrected chi connectivity index (χ3v) is 7.36. The van der Waals surface area contributed by atoms with Crippen molar-refractivity contribution in [1.29, 1.82) is 0 Å². The summed E-state index contributed by atoms with van der Waals surface area (Å²) in [5.74, 6) is 0.246. The zero-order chi connectivity index (χ0) is 10.7. The zero-order valence-electron chi connectivity index (χ0n) is 9.06. The fraction of sp³-hybridized carbons (Fsp3) is 0.889. The van der Waals surface area contributed by atoms with Gasteiger partial charge in [-0.15, -0.1) is 11.6 Å². The molecule has 2 nitrogen and oxygen atoms in total. The molecular weight excluding hydrogens is 204 g/mol. The number of carbonyl (C=O) groups excluding carboxylic acids is 1. The Bertz CT molecular complexity index is 175. The molecule has 0 amide bonds. The van der Waals surface area contributed by atoms with Crippen molar-refractivity contribution in [2.45, 2.75) is 45.0 Å². The van der Waals surface area contributed by atoms with Crippen LogP contribution in [0.4, 0.5) is 0 Å². The SMILES string of the molecule is CC(C)(C)[Si](C)(C)O[C@H](C=O)CCl. The van der Waals surface area contributed by atoms with Gasteiger partial charge in [0.05, 0.1) is 5.88 Å². The molecule has 0 fully saturated rings. The number of aldehydes is 1. The molecule has 0 heterocycles. The minimum absolute atomic E-state index is 0.125. The molecular formula is C9H19ClO2Si. The number of rotatable bonds is 4. The van der Waals surface area contributed by atoms with E-state index in [0.717, 1.165) is 6.29 Å². The Kier molecular flexibility index (Phi) is 4.62. The third kappa shape index (κ3) is 3.79. The molecule has 0 aromatic rings. The summed E-state index contributed by atoms with van der Waals surface area (Å²) >= 11 is 5.59. The molecule has 0 aromatic heterocycles. The van der Waals surface area contributed by atoms with E-state index in [4.69, 9.17) is 16.0 Å². The van der Waals surface area contributed by atoms with E-state index >= 15 is 0 Å². The van der Waals surface area contributed by atoms with Crippen LogP contribution in [0.3, 0.4) is 0 Å². The highest BCUT2D eigenvalue weighted by Crippen LogP contribution is 2.37.